The largest absolute Gasteiger partial charge is 0.493 e. The molecule has 1 aromatic heterocycles. The molecule has 1 aromatic carbocycles. The molecule has 0 atom stereocenters. The number of ether oxygens (including phenoxy) is 1. The smallest absolute Gasteiger partial charge is 0.157 e. The second kappa shape index (κ2) is 6.49. The molecule has 0 saturated heterocycles. The van der Waals surface area contributed by atoms with Crippen molar-refractivity contribution in [2.24, 2.45) is 10.9 Å². The highest BCUT2D eigenvalue weighted by Crippen LogP contribution is 2.26. The number of aliphatic imine (C=N–C) groups is 1. The Labute approximate surface area is 135 Å². The standard InChI is InChI=1S/C18H18N4O/c1-12(2)11-23-15-5-6-20-17(9-15)22-18-8-14-7-13(10-19)3-4-16(14)21-18/h3-7,9,12H,8,11H2,1-2H3,(H,20,21,22). The molecule has 0 fully saturated rings. The average molecular weight is 306 g/mol. The maximum absolute atomic E-state index is 8.97. The predicted octanol–water partition coefficient (Wildman–Crippen LogP) is 3.69. The number of anilines is 1. The van der Waals surface area contributed by atoms with Crippen molar-refractivity contribution in [1.29, 1.82) is 5.26 Å². The van der Waals surface area contributed by atoms with Gasteiger partial charge in [-0.05, 0) is 35.7 Å². The minimum absolute atomic E-state index is 0.471. The van der Waals surface area contributed by atoms with Crippen LogP contribution in [0, 0.1) is 17.2 Å². The van der Waals surface area contributed by atoms with E-state index in [1.165, 1.54) is 0 Å². The quantitative estimate of drug-likeness (QED) is 0.935. The summed E-state index contributed by atoms with van der Waals surface area (Å²) in [5.41, 5.74) is 2.74. The van der Waals surface area contributed by atoms with Gasteiger partial charge in [0.1, 0.15) is 11.6 Å². The molecule has 0 radical (unpaired) electrons. The topological polar surface area (TPSA) is 70.3 Å². The number of hydrogen-bond acceptors (Lipinski definition) is 4. The molecule has 1 aliphatic heterocycles. The van der Waals surface area contributed by atoms with E-state index in [0.717, 1.165) is 22.8 Å². The third-order valence-electron chi connectivity index (χ3n) is 3.42. The number of rotatable bonds is 4. The Morgan fingerprint density at radius 1 is 1.35 bits per heavy atom. The SMILES string of the molecule is CC(C)COc1ccnc(N=C2Cc3cc(C#N)ccc3N2)c1. The van der Waals surface area contributed by atoms with Crippen LogP contribution in [-0.2, 0) is 6.42 Å². The normalized spacial score (nSPS) is 14.4. The van der Waals surface area contributed by atoms with Gasteiger partial charge in [0.2, 0.25) is 0 Å². The van der Waals surface area contributed by atoms with Gasteiger partial charge in [-0.25, -0.2) is 9.98 Å². The zero-order chi connectivity index (χ0) is 16.2. The second-order valence-corrected chi connectivity index (χ2v) is 5.90. The maximum atomic E-state index is 8.97. The van der Waals surface area contributed by atoms with Crippen LogP contribution in [0.25, 0.3) is 0 Å². The highest BCUT2D eigenvalue weighted by atomic mass is 16.5. The van der Waals surface area contributed by atoms with Crippen molar-refractivity contribution in [2.75, 3.05) is 11.9 Å². The van der Waals surface area contributed by atoms with Crippen molar-refractivity contribution in [3.05, 3.63) is 47.7 Å². The molecule has 0 aliphatic carbocycles. The van der Waals surface area contributed by atoms with Crippen molar-refractivity contribution < 1.29 is 4.74 Å². The molecule has 2 aromatic rings. The maximum Gasteiger partial charge on any atom is 0.157 e. The van der Waals surface area contributed by atoms with Crippen LogP contribution in [0.4, 0.5) is 11.5 Å². The lowest BCUT2D eigenvalue weighted by molar-refractivity contribution is 0.271. The molecule has 0 saturated carbocycles. The molecule has 0 amide bonds. The minimum atomic E-state index is 0.471. The summed E-state index contributed by atoms with van der Waals surface area (Å²) in [6, 6.07) is 11.4. The Morgan fingerprint density at radius 2 is 2.22 bits per heavy atom. The van der Waals surface area contributed by atoms with Crippen LogP contribution < -0.4 is 10.1 Å². The lowest BCUT2D eigenvalue weighted by Gasteiger charge is -2.08. The van der Waals surface area contributed by atoms with E-state index >= 15 is 0 Å². The van der Waals surface area contributed by atoms with Gasteiger partial charge >= 0.3 is 0 Å². The summed E-state index contributed by atoms with van der Waals surface area (Å²) in [6.07, 6.45) is 2.37. The fourth-order valence-electron chi connectivity index (χ4n) is 2.33. The highest BCUT2D eigenvalue weighted by molar-refractivity contribution is 6.04. The third-order valence-corrected chi connectivity index (χ3v) is 3.42. The minimum Gasteiger partial charge on any atom is -0.493 e. The Morgan fingerprint density at radius 3 is 3.00 bits per heavy atom. The van der Waals surface area contributed by atoms with Gasteiger partial charge in [0, 0.05) is 24.4 Å². The summed E-state index contributed by atoms with van der Waals surface area (Å²) < 4.78 is 5.70. The molecule has 5 heteroatoms. The lowest BCUT2D eigenvalue weighted by Crippen LogP contribution is -2.06. The molecule has 2 heterocycles. The van der Waals surface area contributed by atoms with Gasteiger partial charge < -0.3 is 10.1 Å². The number of benzene rings is 1. The van der Waals surface area contributed by atoms with E-state index in [1.54, 1.807) is 12.3 Å². The molecule has 1 aliphatic rings. The van der Waals surface area contributed by atoms with Crippen molar-refractivity contribution in [3.63, 3.8) is 0 Å². The number of aromatic nitrogens is 1. The number of hydrogen-bond donors (Lipinski definition) is 1. The van der Waals surface area contributed by atoms with Crippen LogP contribution in [-0.4, -0.2) is 17.4 Å². The molecule has 3 rings (SSSR count). The number of nitrogens with zero attached hydrogens (tertiary/aromatic N) is 3. The van der Waals surface area contributed by atoms with Crippen molar-refractivity contribution in [1.82, 2.24) is 4.98 Å². The Bertz CT molecular complexity index is 790. The van der Waals surface area contributed by atoms with E-state index < -0.39 is 0 Å². The Balaban J connectivity index is 1.76. The van der Waals surface area contributed by atoms with E-state index in [2.05, 4.69) is 35.2 Å². The Kier molecular flexibility index (Phi) is 4.24. The van der Waals surface area contributed by atoms with Crippen LogP contribution >= 0.6 is 0 Å². The van der Waals surface area contributed by atoms with E-state index in [9.17, 15) is 0 Å². The average Bonchev–Trinajstić information content (AvgIpc) is 2.94. The summed E-state index contributed by atoms with van der Waals surface area (Å²) in [7, 11) is 0. The zero-order valence-corrected chi connectivity index (χ0v) is 13.2. The van der Waals surface area contributed by atoms with Gasteiger partial charge in [0.25, 0.3) is 0 Å². The molecule has 0 bridgehead atoms. The van der Waals surface area contributed by atoms with Crippen LogP contribution in [0.2, 0.25) is 0 Å². The van der Waals surface area contributed by atoms with E-state index in [1.807, 2.05) is 24.3 Å². The van der Waals surface area contributed by atoms with Crippen molar-refractivity contribution in [2.45, 2.75) is 20.3 Å². The molecule has 0 unspecified atom stereocenters. The molecule has 5 nitrogen and oxygen atoms in total. The van der Waals surface area contributed by atoms with Gasteiger partial charge in [0.15, 0.2) is 5.82 Å². The summed E-state index contributed by atoms with van der Waals surface area (Å²) in [6.45, 7) is 4.88. The van der Waals surface area contributed by atoms with E-state index in [0.29, 0.717) is 30.3 Å². The monoisotopic (exact) mass is 306 g/mol. The van der Waals surface area contributed by atoms with E-state index in [-0.39, 0.29) is 0 Å². The van der Waals surface area contributed by atoms with Crippen LogP contribution in [0.15, 0.2) is 41.5 Å². The zero-order valence-electron chi connectivity index (χ0n) is 13.2. The predicted molar refractivity (Wildman–Crippen MR) is 90.1 cm³/mol. The van der Waals surface area contributed by atoms with Crippen LogP contribution in [0.5, 0.6) is 5.75 Å². The summed E-state index contributed by atoms with van der Waals surface area (Å²) in [4.78, 5) is 8.81. The lowest BCUT2D eigenvalue weighted by atomic mass is 10.1. The van der Waals surface area contributed by atoms with E-state index in [4.69, 9.17) is 10.00 Å². The fraction of sp³-hybridized carbons (Fsp3) is 0.278. The first kappa shape index (κ1) is 15.0. The van der Waals surface area contributed by atoms with Crippen LogP contribution in [0.3, 0.4) is 0 Å². The molecule has 0 spiro atoms. The first-order valence-corrected chi connectivity index (χ1v) is 7.60. The molecule has 116 valence electrons. The molecular weight excluding hydrogens is 288 g/mol. The number of pyridine rings is 1. The second-order valence-electron chi connectivity index (χ2n) is 5.90. The fourth-order valence-corrected chi connectivity index (χ4v) is 2.33. The molecule has 23 heavy (non-hydrogen) atoms. The van der Waals surface area contributed by atoms with Gasteiger partial charge in [0.05, 0.1) is 18.2 Å². The first-order valence-electron chi connectivity index (χ1n) is 7.60. The van der Waals surface area contributed by atoms with Gasteiger partial charge in [-0.15, -0.1) is 0 Å². The van der Waals surface area contributed by atoms with Gasteiger partial charge in [-0.2, -0.15) is 5.26 Å². The highest BCUT2D eigenvalue weighted by Gasteiger charge is 2.16. The van der Waals surface area contributed by atoms with Gasteiger partial charge in [-0.3, -0.25) is 0 Å². The summed E-state index contributed by atoms with van der Waals surface area (Å²) in [5, 5.41) is 12.2. The van der Waals surface area contributed by atoms with Crippen LogP contribution in [0.1, 0.15) is 25.0 Å². The Hall–Kier alpha value is -2.87. The van der Waals surface area contributed by atoms with Crippen molar-refractivity contribution in [3.8, 4) is 11.8 Å². The number of fused-ring (bicyclic) bond motifs is 1. The third kappa shape index (κ3) is 3.67. The first-order chi connectivity index (χ1) is 11.1. The number of amidine groups is 1. The van der Waals surface area contributed by atoms with Gasteiger partial charge in [-0.1, -0.05) is 13.8 Å². The number of nitrogens with one attached hydrogen (secondary N) is 1. The molecule has 1 N–H and O–H groups in total. The summed E-state index contributed by atoms with van der Waals surface area (Å²) >= 11 is 0. The van der Waals surface area contributed by atoms with Crippen molar-refractivity contribution >= 4 is 17.3 Å². The summed E-state index contributed by atoms with van der Waals surface area (Å²) in [5.74, 6) is 2.68. The number of nitriles is 1. The molecular formula is C18H18N4O.